The molecule has 1 N–H and O–H groups in total. The van der Waals surface area contributed by atoms with Gasteiger partial charge in [0.2, 0.25) is 0 Å². The van der Waals surface area contributed by atoms with E-state index in [0.717, 1.165) is 32.1 Å². The van der Waals surface area contributed by atoms with E-state index >= 15 is 0 Å². The molecule has 2 unspecified atom stereocenters. The monoisotopic (exact) mass is 299 g/mol. The lowest BCUT2D eigenvalue weighted by Crippen LogP contribution is -2.48. The topological polar surface area (TPSA) is 66.8 Å². The zero-order valence-corrected chi connectivity index (χ0v) is 13.5. The van der Waals surface area contributed by atoms with Crippen LogP contribution in [0, 0.1) is 0 Å². The molecule has 0 aliphatic heterocycles. The molecule has 1 aliphatic rings. The number of carbonyl (C=O) groups excluding carboxylic acids is 1. The summed E-state index contributed by atoms with van der Waals surface area (Å²) in [5.74, 6) is -1.16. The predicted molar refractivity (Wildman–Crippen MR) is 81.1 cm³/mol. The zero-order valence-electron chi connectivity index (χ0n) is 13.5. The number of rotatable bonds is 8. The molecule has 1 saturated carbocycles. The van der Waals surface area contributed by atoms with Crippen molar-refractivity contribution in [2.24, 2.45) is 0 Å². The minimum absolute atomic E-state index is 0.0856. The highest BCUT2D eigenvalue weighted by molar-refractivity contribution is 5.85. The van der Waals surface area contributed by atoms with E-state index < -0.39 is 12.1 Å². The van der Waals surface area contributed by atoms with E-state index in [1.807, 2.05) is 20.8 Å². The SMILES string of the molecule is CCC(OC1CCCCC1)C(=O)N(CC(=O)O)C(C)CC. The maximum absolute atomic E-state index is 12.6. The van der Waals surface area contributed by atoms with Gasteiger partial charge < -0.3 is 14.7 Å². The van der Waals surface area contributed by atoms with Crippen molar-refractivity contribution >= 4 is 11.9 Å². The Bertz CT molecular complexity index is 339. The number of amides is 1. The maximum Gasteiger partial charge on any atom is 0.323 e. The zero-order chi connectivity index (χ0) is 15.8. The molecule has 0 heterocycles. The molecule has 122 valence electrons. The van der Waals surface area contributed by atoms with Crippen molar-refractivity contribution in [2.45, 2.75) is 84.0 Å². The van der Waals surface area contributed by atoms with Crippen LogP contribution in [0.3, 0.4) is 0 Å². The molecule has 21 heavy (non-hydrogen) atoms. The molecular formula is C16H29NO4. The first kappa shape index (κ1) is 18.0. The summed E-state index contributed by atoms with van der Waals surface area (Å²) in [5.41, 5.74) is 0. The van der Waals surface area contributed by atoms with Crippen molar-refractivity contribution < 1.29 is 19.4 Å². The molecular weight excluding hydrogens is 270 g/mol. The van der Waals surface area contributed by atoms with Gasteiger partial charge in [0.1, 0.15) is 12.6 Å². The highest BCUT2D eigenvalue weighted by atomic mass is 16.5. The molecule has 0 aromatic carbocycles. The molecule has 0 bridgehead atoms. The van der Waals surface area contributed by atoms with Gasteiger partial charge >= 0.3 is 5.97 Å². The van der Waals surface area contributed by atoms with Gasteiger partial charge in [0.15, 0.2) is 0 Å². The van der Waals surface area contributed by atoms with Gasteiger partial charge in [-0.1, -0.05) is 33.1 Å². The Morgan fingerprint density at radius 2 is 1.81 bits per heavy atom. The van der Waals surface area contributed by atoms with Crippen molar-refractivity contribution in [3.05, 3.63) is 0 Å². The number of carbonyl (C=O) groups is 2. The van der Waals surface area contributed by atoms with Crippen LogP contribution >= 0.6 is 0 Å². The van der Waals surface area contributed by atoms with E-state index in [1.165, 1.54) is 11.3 Å². The van der Waals surface area contributed by atoms with Gasteiger partial charge in [-0.05, 0) is 32.6 Å². The largest absolute Gasteiger partial charge is 0.480 e. The highest BCUT2D eigenvalue weighted by Crippen LogP contribution is 2.23. The number of hydrogen-bond acceptors (Lipinski definition) is 3. The Labute approximate surface area is 127 Å². The van der Waals surface area contributed by atoms with E-state index in [2.05, 4.69) is 0 Å². The minimum atomic E-state index is -0.976. The predicted octanol–water partition coefficient (Wildman–Crippen LogP) is 2.83. The fourth-order valence-electron chi connectivity index (χ4n) is 2.76. The van der Waals surface area contributed by atoms with Gasteiger partial charge in [0.25, 0.3) is 5.91 Å². The van der Waals surface area contributed by atoms with Crippen molar-refractivity contribution in [2.75, 3.05) is 6.54 Å². The Morgan fingerprint density at radius 1 is 1.19 bits per heavy atom. The van der Waals surface area contributed by atoms with E-state index in [4.69, 9.17) is 9.84 Å². The third-order valence-corrected chi connectivity index (χ3v) is 4.27. The molecule has 2 atom stereocenters. The van der Waals surface area contributed by atoms with E-state index in [0.29, 0.717) is 6.42 Å². The second-order valence-corrected chi connectivity index (χ2v) is 5.91. The molecule has 0 radical (unpaired) electrons. The first-order valence-corrected chi connectivity index (χ1v) is 8.17. The smallest absolute Gasteiger partial charge is 0.323 e. The second kappa shape index (κ2) is 9.03. The van der Waals surface area contributed by atoms with Crippen LogP contribution in [0.25, 0.3) is 0 Å². The van der Waals surface area contributed by atoms with E-state index in [1.54, 1.807) is 0 Å². The maximum atomic E-state index is 12.6. The average Bonchev–Trinajstić information content (AvgIpc) is 2.49. The van der Waals surface area contributed by atoms with Crippen LogP contribution in [0.4, 0.5) is 0 Å². The van der Waals surface area contributed by atoms with Gasteiger partial charge in [-0.15, -0.1) is 0 Å². The van der Waals surface area contributed by atoms with Crippen LogP contribution in [0.2, 0.25) is 0 Å². The summed E-state index contributed by atoms with van der Waals surface area (Å²) >= 11 is 0. The Kier molecular flexibility index (Phi) is 7.72. The molecule has 5 heteroatoms. The van der Waals surface area contributed by atoms with Crippen molar-refractivity contribution in [1.29, 1.82) is 0 Å². The second-order valence-electron chi connectivity index (χ2n) is 5.91. The quantitative estimate of drug-likeness (QED) is 0.748. The number of hydrogen-bond donors (Lipinski definition) is 1. The highest BCUT2D eigenvalue weighted by Gasteiger charge is 2.30. The van der Waals surface area contributed by atoms with Gasteiger partial charge in [-0.25, -0.2) is 0 Å². The molecule has 1 aliphatic carbocycles. The van der Waals surface area contributed by atoms with Gasteiger partial charge in [0, 0.05) is 6.04 Å². The summed E-state index contributed by atoms with van der Waals surface area (Å²) in [4.78, 5) is 25.1. The number of ether oxygens (including phenoxy) is 1. The molecule has 1 rings (SSSR count). The van der Waals surface area contributed by atoms with E-state index in [-0.39, 0.29) is 24.6 Å². The standard InChI is InChI=1S/C16H29NO4/c1-4-12(3)17(11-15(18)19)16(20)14(5-2)21-13-9-7-6-8-10-13/h12-14H,4-11H2,1-3H3,(H,18,19). The summed E-state index contributed by atoms with van der Waals surface area (Å²) in [7, 11) is 0. The van der Waals surface area contributed by atoms with E-state index in [9.17, 15) is 9.59 Å². The van der Waals surface area contributed by atoms with Crippen LogP contribution in [-0.2, 0) is 14.3 Å². The summed E-state index contributed by atoms with van der Waals surface area (Å²) in [6, 6.07) is -0.0856. The number of carboxylic acids is 1. The molecule has 0 spiro atoms. The van der Waals surface area contributed by atoms with Gasteiger partial charge in [0.05, 0.1) is 6.10 Å². The average molecular weight is 299 g/mol. The Balaban J connectivity index is 2.69. The van der Waals surface area contributed by atoms with Crippen molar-refractivity contribution in [3.8, 4) is 0 Å². The van der Waals surface area contributed by atoms with Crippen LogP contribution in [0.15, 0.2) is 0 Å². The molecule has 5 nitrogen and oxygen atoms in total. The van der Waals surface area contributed by atoms with Gasteiger partial charge in [-0.2, -0.15) is 0 Å². The molecule has 0 aromatic rings. The molecule has 1 fully saturated rings. The summed E-state index contributed by atoms with van der Waals surface area (Å²) < 4.78 is 5.98. The minimum Gasteiger partial charge on any atom is -0.480 e. The summed E-state index contributed by atoms with van der Waals surface area (Å²) in [5, 5.41) is 9.02. The fraction of sp³-hybridized carbons (Fsp3) is 0.875. The van der Waals surface area contributed by atoms with Crippen LogP contribution in [0.1, 0.15) is 65.7 Å². The molecule has 0 aromatic heterocycles. The van der Waals surface area contributed by atoms with Crippen LogP contribution in [0.5, 0.6) is 0 Å². The number of nitrogens with zero attached hydrogens (tertiary/aromatic N) is 1. The lowest BCUT2D eigenvalue weighted by atomic mass is 9.97. The lowest BCUT2D eigenvalue weighted by Gasteiger charge is -2.33. The van der Waals surface area contributed by atoms with Gasteiger partial charge in [-0.3, -0.25) is 9.59 Å². The lowest BCUT2D eigenvalue weighted by molar-refractivity contribution is -0.156. The first-order valence-electron chi connectivity index (χ1n) is 8.17. The normalized spacial score (nSPS) is 19.0. The third-order valence-electron chi connectivity index (χ3n) is 4.27. The third kappa shape index (κ3) is 5.65. The Hall–Kier alpha value is -1.10. The molecule has 1 amide bonds. The first-order chi connectivity index (χ1) is 9.99. The van der Waals surface area contributed by atoms with Crippen LogP contribution < -0.4 is 0 Å². The molecule has 0 saturated heterocycles. The van der Waals surface area contributed by atoms with Crippen molar-refractivity contribution in [1.82, 2.24) is 4.90 Å². The fourth-order valence-corrected chi connectivity index (χ4v) is 2.76. The van der Waals surface area contributed by atoms with Crippen LogP contribution in [-0.4, -0.2) is 46.7 Å². The number of aliphatic carboxylic acids is 1. The summed E-state index contributed by atoms with van der Waals surface area (Å²) in [6.07, 6.45) is 6.51. The van der Waals surface area contributed by atoms with Crippen molar-refractivity contribution in [3.63, 3.8) is 0 Å². The Morgan fingerprint density at radius 3 is 2.29 bits per heavy atom. The number of carboxylic acid groups (broad SMARTS) is 1. The summed E-state index contributed by atoms with van der Waals surface area (Å²) in [6.45, 7) is 5.50.